The molecule has 1 atom stereocenters. The van der Waals surface area contributed by atoms with Gasteiger partial charge in [0.05, 0.1) is 11.3 Å². The third-order valence-corrected chi connectivity index (χ3v) is 3.54. The summed E-state index contributed by atoms with van der Waals surface area (Å²) in [5.74, 6) is 5.22. The maximum absolute atomic E-state index is 12.7. The quantitative estimate of drug-likeness (QED) is 0.558. The van der Waals surface area contributed by atoms with Gasteiger partial charge in [-0.3, -0.25) is 15.4 Å². The lowest BCUT2D eigenvalue weighted by atomic mass is 10.0. The Bertz CT molecular complexity index is 530. The van der Waals surface area contributed by atoms with Gasteiger partial charge < -0.3 is 15.6 Å². The van der Waals surface area contributed by atoms with Crippen molar-refractivity contribution in [1.82, 2.24) is 10.2 Å². The molecule has 1 unspecified atom stereocenters. The van der Waals surface area contributed by atoms with Gasteiger partial charge in [0.2, 0.25) is 5.91 Å². The molecular formula is C14H20N4O2. The number of nitrogens with two attached hydrogens (primary N) is 1. The molecule has 0 aliphatic carbocycles. The van der Waals surface area contributed by atoms with Crippen LogP contribution in [0.4, 0.5) is 5.69 Å². The minimum Gasteiger partial charge on any atom is -0.353 e. The molecule has 1 aromatic carbocycles. The highest BCUT2D eigenvalue weighted by Crippen LogP contribution is 2.21. The van der Waals surface area contributed by atoms with Gasteiger partial charge in [0.15, 0.2) is 0 Å². The van der Waals surface area contributed by atoms with Crippen molar-refractivity contribution in [1.29, 1.82) is 0 Å². The number of nitrogen functional groups attached to an aromatic ring is 1. The van der Waals surface area contributed by atoms with Crippen LogP contribution >= 0.6 is 0 Å². The first-order chi connectivity index (χ1) is 9.58. The van der Waals surface area contributed by atoms with E-state index in [9.17, 15) is 9.59 Å². The molecule has 20 heavy (non-hydrogen) atoms. The van der Waals surface area contributed by atoms with E-state index in [1.54, 1.807) is 11.0 Å². The van der Waals surface area contributed by atoms with Crippen LogP contribution in [0.5, 0.6) is 0 Å². The number of piperazine rings is 1. The Labute approximate surface area is 118 Å². The fourth-order valence-corrected chi connectivity index (χ4v) is 2.48. The molecule has 1 fully saturated rings. The number of benzene rings is 1. The molecule has 6 heteroatoms. The minimum atomic E-state index is -0.414. The van der Waals surface area contributed by atoms with E-state index >= 15 is 0 Å². The zero-order valence-electron chi connectivity index (χ0n) is 11.8. The molecule has 1 saturated heterocycles. The number of carbonyl (C=O) groups excluding carboxylic acids is 2. The second-order valence-electron chi connectivity index (χ2n) is 4.91. The van der Waals surface area contributed by atoms with Crippen molar-refractivity contribution in [2.45, 2.75) is 26.3 Å². The highest BCUT2D eigenvalue weighted by atomic mass is 16.2. The van der Waals surface area contributed by atoms with Gasteiger partial charge >= 0.3 is 0 Å². The Kier molecular flexibility index (Phi) is 4.24. The van der Waals surface area contributed by atoms with Crippen molar-refractivity contribution >= 4 is 17.5 Å². The molecule has 1 aliphatic heterocycles. The van der Waals surface area contributed by atoms with E-state index in [1.165, 1.54) is 0 Å². The van der Waals surface area contributed by atoms with E-state index in [4.69, 9.17) is 5.84 Å². The maximum Gasteiger partial charge on any atom is 0.256 e. The number of amides is 2. The largest absolute Gasteiger partial charge is 0.353 e. The SMILES string of the molecule is CCC1C(=O)NCCN1C(=O)c1ccc(C)cc1NN. The van der Waals surface area contributed by atoms with Gasteiger partial charge in [-0.05, 0) is 31.0 Å². The van der Waals surface area contributed by atoms with Crippen LogP contribution in [0.2, 0.25) is 0 Å². The Morgan fingerprint density at radius 3 is 2.95 bits per heavy atom. The fourth-order valence-electron chi connectivity index (χ4n) is 2.48. The van der Waals surface area contributed by atoms with Gasteiger partial charge in [0.1, 0.15) is 6.04 Å². The number of carbonyl (C=O) groups is 2. The van der Waals surface area contributed by atoms with Crippen molar-refractivity contribution in [2.24, 2.45) is 5.84 Å². The number of nitrogens with one attached hydrogen (secondary N) is 2. The lowest BCUT2D eigenvalue weighted by Gasteiger charge is -2.34. The number of hydrazine groups is 1. The molecule has 1 heterocycles. The summed E-state index contributed by atoms with van der Waals surface area (Å²) in [6, 6.07) is 5.01. The monoisotopic (exact) mass is 276 g/mol. The Hall–Kier alpha value is -2.08. The van der Waals surface area contributed by atoms with Crippen molar-refractivity contribution in [3.63, 3.8) is 0 Å². The number of hydrogen-bond acceptors (Lipinski definition) is 4. The third kappa shape index (κ3) is 2.60. The van der Waals surface area contributed by atoms with E-state index in [0.717, 1.165) is 5.56 Å². The van der Waals surface area contributed by atoms with Crippen molar-refractivity contribution in [2.75, 3.05) is 18.5 Å². The zero-order chi connectivity index (χ0) is 14.7. The maximum atomic E-state index is 12.7. The van der Waals surface area contributed by atoms with E-state index in [-0.39, 0.29) is 11.8 Å². The Balaban J connectivity index is 2.32. The molecule has 0 spiro atoms. The highest BCUT2D eigenvalue weighted by Gasteiger charge is 2.32. The molecule has 0 radical (unpaired) electrons. The van der Waals surface area contributed by atoms with Crippen molar-refractivity contribution in [3.8, 4) is 0 Å². The van der Waals surface area contributed by atoms with E-state index in [0.29, 0.717) is 30.8 Å². The molecule has 1 aromatic rings. The number of anilines is 1. The van der Waals surface area contributed by atoms with Crippen LogP contribution in [0.15, 0.2) is 18.2 Å². The first-order valence-electron chi connectivity index (χ1n) is 6.74. The third-order valence-electron chi connectivity index (χ3n) is 3.54. The standard InChI is InChI=1S/C14H20N4O2/c1-3-12-13(19)16-6-7-18(12)14(20)10-5-4-9(2)8-11(10)17-15/h4-5,8,12,17H,3,6-7,15H2,1-2H3,(H,16,19). The summed E-state index contributed by atoms with van der Waals surface area (Å²) in [6.45, 7) is 4.82. The molecular weight excluding hydrogens is 256 g/mol. The second-order valence-corrected chi connectivity index (χ2v) is 4.91. The summed E-state index contributed by atoms with van der Waals surface area (Å²) in [5, 5.41) is 2.78. The molecule has 0 saturated carbocycles. The van der Waals surface area contributed by atoms with Gasteiger partial charge in [-0.25, -0.2) is 0 Å². The van der Waals surface area contributed by atoms with Crippen molar-refractivity contribution < 1.29 is 9.59 Å². The van der Waals surface area contributed by atoms with Crippen LogP contribution in [-0.2, 0) is 4.79 Å². The van der Waals surface area contributed by atoms with E-state index in [1.807, 2.05) is 26.0 Å². The average molecular weight is 276 g/mol. The molecule has 6 nitrogen and oxygen atoms in total. The predicted octanol–water partition coefficient (Wildman–Crippen LogP) is 0.631. The molecule has 4 N–H and O–H groups in total. The number of aryl methyl sites for hydroxylation is 1. The van der Waals surface area contributed by atoms with Crippen molar-refractivity contribution in [3.05, 3.63) is 29.3 Å². The second kappa shape index (κ2) is 5.92. The first kappa shape index (κ1) is 14.3. The smallest absolute Gasteiger partial charge is 0.256 e. The summed E-state index contributed by atoms with van der Waals surface area (Å²) < 4.78 is 0. The van der Waals surface area contributed by atoms with Crippen LogP contribution in [-0.4, -0.2) is 35.8 Å². The minimum absolute atomic E-state index is 0.0959. The summed E-state index contributed by atoms with van der Waals surface area (Å²) in [4.78, 5) is 26.1. The Morgan fingerprint density at radius 1 is 1.55 bits per heavy atom. The fraction of sp³-hybridized carbons (Fsp3) is 0.429. The van der Waals surface area contributed by atoms with Crippen LogP contribution in [0.1, 0.15) is 29.3 Å². The topological polar surface area (TPSA) is 87.5 Å². The normalized spacial score (nSPS) is 18.6. The number of rotatable bonds is 3. The first-order valence-corrected chi connectivity index (χ1v) is 6.74. The molecule has 2 rings (SSSR count). The summed E-state index contributed by atoms with van der Waals surface area (Å²) in [5.41, 5.74) is 4.64. The zero-order valence-corrected chi connectivity index (χ0v) is 11.8. The van der Waals surface area contributed by atoms with Gasteiger partial charge in [-0.15, -0.1) is 0 Å². The lowest BCUT2D eigenvalue weighted by molar-refractivity contribution is -0.127. The van der Waals surface area contributed by atoms with Gasteiger partial charge in [0.25, 0.3) is 5.91 Å². The van der Waals surface area contributed by atoms with Crippen LogP contribution in [0.3, 0.4) is 0 Å². The number of hydrogen-bond donors (Lipinski definition) is 3. The van der Waals surface area contributed by atoms with E-state index < -0.39 is 6.04 Å². The van der Waals surface area contributed by atoms with Crippen LogP contribution < -0.4 is 16.6 Å². The lowest BCUT2D eigenvalue weighted by Crippen LogP contribution is -2.57. The Morgan fingerprint density at radius 2 is 2.30 bits per heavy atom. The van der Waals surface area contributed by atoms with Gasteiger partial charge in [-0.1, -0.05) is 13.0 Å². The predicted molar refractivity (Wildman–Crippen MR) is 77.1 cm³/mol. The van der Waals surface area contributed by atoms with E-state index in [2.05, 4.69) is 10.7 Å². The molecule has 2 amide bonds. The summed E-state index contributed by atoms with van der Waals surface area (Å²) in [7, 11) is 0. The molecule has 0 bridgehead atoms. The van der Waals surface area contributed by atoms with Gasteiger partial charge in [0, 0.05) is 13.1 Å². The average Bonchev–Trinajstić information content (AvgIpc) is 2.46. The van der Waals surface area contributed by atoms with Crippen LogP contribution in [0, 0.1) is 6.92 Å². The molecule has 108 valence electrons. The highest BCUT2D eigenvalue weighted by molar-refractivity contribution is 6.02. The summed E-state index contributed by atoms with van der Waals surface area (Å²) >= 11 is 0. The number of nitrogens with zero attached hydrogens (tertiary/aromatic N) is 1. The summed E-state index contributed by atoms with van der Waals surface area (Å²) in [6.07, 6.45) is 0.592. The molecule has 0 aromatic heterocycles. The van der Waals surface area contributed by atoms with Crippen LogP contribution in [0.25, 0.3) is 0 Å². The van der Waals surface area contributed by atoms with Gasteiger partial charge in [-0.2, -0.15) is 0 Å². The molecule has 1 aliphatic rings.